The summed E-state index contributed by atoms with van der Waals surface area (Å²) in [6.45, 7) is 2.12. The third-order valence-corrected chi connectivity index (χ3v) is 4.90. The van der Waals surface area contributed by atoms with Crippen molar-refractivity contribution in [2.24, 2.45) is 0 Å². The third-order valence-electron chi connectivity index (χ3n) is 3.57. The van der Waals surface area contributed by atoms with E-state index in [4.69, 9.17) is 4.74 Å². The first-order chi connectivity index (χ1) is 9.65. The van der Waals surface area contributed by atoms with Crippen molar-refractivity contribution < 1.29 is 13.9 Å². The molecule has 1 aromatic rings. The summed E-state index contributed by atoms with van der Waals surface area (Å²) in [5.74, 6) is 0.575. The fourth-order valence-corrected chi connectivity index (χ4v) is 3.76. The minimum absolute atomic E-state index is 0.0814. The number of nitrogens with one attached hydrogen (secondary N) is 1. The normalized spacial score (nSPS) is 21.8. The van der Waals surface area contributed by atoms with Crippen LogP contribution < -0.4 is 10.1 Å². The molecule has 3 nitrogen and oxygen atoms in total. The standard InChI is InChI=1S/C15H20FNO2S/c1-3-20-14-6-4-5-13(14)17-15(18)11-8-7-10(19-2)9-12(11)16/h7-9,13-14H,3-6H2,1-2H3,(H,17,18). The van der Waals surface area contributed by atoms with Gasteiger partial charge in [0.25, 0.3) is 5.91 Å². The smallest absolute Gasteiger partial charge is 0.254 e. The highest BCUT2D eigenvalue weighted by molar-refractivity contribution is 7.99. The average Bonchev–Trinajstić information content (AvgIpc) is 2.86. The fourth-order valence-electron chi connectivity index (χ4n) is 2.56. The second kappa shape index (κ2) is 6.97. The molecule has 110 valence electrons. The Labute approximate surface area is 123 Å². The third kappa shape index (κ3) is 3.45. The number of halogens is 1. The Morgan fingerprint density at radius 3 is 2.95 bits per heavy atom. The Balaban J connectivity index is 2.04. The van der Waals surface area contributed by atoms with Crippen LogP contribution in [-0.2, 0) is 0 Å². The Bertz CT molecular complexity index is 481. The predicted octanol–water partition coefficient (Wildman–Crippen LogP) is 3.24. The number of hydrogen-bond donors (Lipinski definition) is 1. The lowest BCUT2D eigenvalue weighted by Crippen LogP contribution is -2.39. The Kier molecular flexibility index (Phi) is 5.29. The predicted molar refractivity (Wildman–Crippen MR) is 80.0 cm³/mol. The van der Waals surface area contributed by atoms with Crippen LogP contribution in [0.3, 0.4) is 0 Å². The van der Waals surface area contributed by atoms with Gasteiger partial charge >= 0.3 is 0 Å². The first-order valence-corrected chi connectivity index (χ1v) is 7.96. The number of ether oxygens (including phenoxy) is 1. The van der Waals surface area contributed by atoms with Gasteiger partial charge in [0.05, 0.1) is 12.7 Å². The van der Waals surface area contributed by atoms with Crippen LogP contribution in [0, 0.1) is 5.82 Å². The highest BCUT2D eigenvalue weighted by Crippen LogP contribution is 2.30. The number of carbonyl (C=O) groups is 1. The van der Waals surface area contributed by atoms with Crippen molar-refractivity contribution in [3.8, 4) is 5.75 Å². The molecule has 0 aliphatic heterocycles. The van der Waals surface area contributed by atoms with Gasteiger partial charge in [-0.05, 0) is 30.7 Å². The van der Waals surface area contributed by atoms with Gasteiger partial charge in [-0.3, -0.25) is 4.79 Å². The molecule has 1 aliphatic rings. The molecule has 0 spiro atoms. The summed E-state index contributed by atoms with van der Waals surface area (Å²) in [7, 11) is 1.47. The van der Waals surface area contributed by atoms with Crippen LogP contribution in [0.4, 0.5) is 4.39 Å². The first-order valence-electron chi connectivity index (χ1n) is 6.91. The molecule has 0 radical (unpaired) electrons. The summed E-state index contributed by atoms with van der Waals surface area (Å²) in [5.41, 5.74) is 0.0814. The second-order valence-corrected chi connectivity index (χ2v) is 6.37. The van der Waals surface area contributed by atoms with Gasteiger partial charge in [0.15, 0.2) is 0 Å². The van der Waals surface area contributed by atoms with Crippen molar-refractivity contribution in [2.45, 2.75) is 37.5 Å². The summed E-state index contributed by atoms with van der Waals surface area (Å²) < 4.78 is 18.8. The van der Waals surface area contributed by atoms with E-state index in [9.17, 15) is 9.18 Å². The summed E-state index contributed by atoms with van der Waals surface area (Å²) in [6.07, 6.45) is 3.21. The van der Waals surface area contributed by atoms with Crippen molar-refractivity contribution in [3.63, 3.8) is 0 Å². The maximum atomic E-state index is 13.9. The average molecular weight is 297 g/mol. The molecule has 1 saturated carbocycles. The lowest BCUT2D eigenvalue weighted by atomic mass is 10.1. The minimum atomic E-state index is -0.542. The number of methoxy groups -OCH3 is 1. The van der Waals surface area contributed by atoms with Gasteiger partial charge in [0.1, 0.15) is 11.6 Å². The van der Waals surface area contributed by atoms with E-state index in [1.165, 1.54) is 19.2 Å². The molecule has 2 rings (SSSR count). The van der Waals surface area contributed by atoms with Gasteiger partial charge in [-0.15, -0.1) is 0 Å². The van der Waals surface area contributed by atoms with Crippen molar-refractivity contribution in [2.75, 3.05) is 12.9 Å². The summed E-state index contributed by atoms with van der Waals surface area (Å²) in [4.78, 5) is 12.2. The molecule has 20 heavy (non-hydrogen) atoms. The zero-order valence-electron chi connectivity index (χ0n) is 11.8. The highest BCUT2D eigenvalue weighted by Gasteiger charge is 2.29. The Morgan fingerprint density at radius 2 is 2.30 bits per heavy atom. The van der Waals surface area contributed by atoms with Crippen LogP contribution >= 0.6 is 11.8 Å². The summed E-state index contributed by atoms with van der Waals surface area (Å²) in [6, 6.07) is 4.46. The van der Waals surface area contributed by atoms with Gasteiger partial charge in [-0.1, -0.05) is 13.3 Å². The summed E-state index contributed by atoms with van der Waals surface area (Å²) in [5, 5.41) is 3.42. The molecule has 1 N–H and O–H groups in total. The molecule has 5 heteroatoms. The molecule has 1 fully saturated rings. The van der Waals surface area contributed by atoms with E-state index in [0.29, 0.717) is 11.0 Å². The van der Waals surface area contributed by atoms with E-state index in [2.05, 4.69) is 12.2 Å². The topological polar surface area (TPSA) is 38.3 Å². The number of thioether (sulfide) groups is 1. The Hall–Kier alpha value is -1.23. The minimum Gasteiger partial charge on any atom is -0.497 e. The van der Waals surface area contributed by atoms with E-state index >= 15 is 0 Å². The number of carbonyl (C=O) groups excluding carboxylic acids is 1. The molecule has 0 bridgehead atoms. The molecule has 0 aromatic heterocycles. The highest BCUT2D eigenvalue weighted by atomic mass is 32.2. The molecular weight excluding hydrogens is 277 g/mol. The molecule has 2 unspecified atom stereocenters. The SMILES string of the molecule is CCSC1CCCC1NC(=O)c1ccc(OC)cc1F. The monoisotopic (exact) mass is 297 g/mol. The van der Waals surface area contributed by atoms with Crippen molar-refractivity contribution >= 4 is 17.7 Å². The van der Waals surface area contributed by atoms with Crippen LogP contribution in [0.1, 0.15) is 36.5 Å². The van der Waals surface area contributed by atoms with E-state index in [1.807, 2.05) is 11.8 Å². The van der Waals surface area contributed by atoms with Crippen LogP contribution in [-0.4, -0.2) is 30.1 Å². The van der Waals surface area contributed by atoms with Crippen LogP contribution in [0.5, 0.6) is 5.75 Å². The lowest BCUT2D eigenvalue weighted by Gasteiger charge is -2.20. The zero-order valence-corrected chi connectivity index (χ0v) is 12.6. The molecule has 2 atom stereocenters. The number of rotatable bonds is 5. The molecule has 0 saturated heterocycles. The second-order valence-electron chi connectivity index (χ2n) is 4.85. The molecule has 1 aromatic carbocycles. The lowest BCUT2D eigenvalue weighted by molar-refractivity contribution is 0.0934. The summed E-state index contributed by atoms with van der Waals surface area (Å²) >= 11 is 1.87. The quantitative estimate of drug-likeness (QED) is 0.906. The molecule has 1 amide bonds. The maximum Gasteiger partial charge on any atom is 0.254 e. The maximum absolute atomic E-state index is 13.9. The van der Waals surface area contributed by atoms with Crippen LogP contribution in [0.2, 0.25) is 0 Å². The van der Waals surface area contributed by atoms with Gasteiger partial charge < -0.3 is 10.1 Å². The number of amides is 1. The zero-order chi connectivity index (χ0) is 14.5. The fraction of sp³-hybridized carbons (Fsp3) is 0.533. The van der Waals surface area contributed by atoms with Crippen LogP contribution in [0.25, 0.3) is 0 Å². The molecular formula is C15H20FNO2S. The van der Waals surface area contributed by atoms with Gasteiger partial charge in [0.2, 0.25) is 0 Å². The van der Waals surface area contributed by atoms with E-state index in [-0.39, 0.29) is 17.5 Å². The van der Waals surface area contributed by atoms with Crippen molar-refractivity contribution in [3.05, 3.63) is 29.6 Å². The molecule has 0 heterocycles. The van der Waals surface area contributed by atoms with Crippen LogP contribution in [0.15, 0.2) is 18.2 Å². The van der Waals surface area contributed by atoms with Crippen molar-refractivity contribution in [1.82, 2.24) is 5.32 Å². The van der Waals surface area contributed by atoms with Crippen molar-refractivity contribution in [1.29, 1.82) is 0 Å². The van der Waals surface area contributed by atoms with Gasteiger partial charge in [-0.2, -0.15) is 11.8 Å². The number of hydrogen-bond acceptors (Lipinski definition) is 3. The Morgan fingerprint density at radius 1 is 1.50 bits per heavy atom. The van der Waals surface area contributed by atoms with E-state index in [1.54, 1.807) is 6.07 Å². The molecule has 1 aliphatic carbocycles. The van der Waals surface area contributed by atoms with Gasteiger partial charge in [-0.25, -0.2) is 4.39 Å². The number of benzene rings is 1. The van der Waals surface area contributed by atoms with E-state index in [0.717, 1.165) is 25.0 Å². The first kappa shape index (κ1) is 15.2. The largest absolute Gasteiger partial charge is 0.497 e. The van der Waals surface area contributed by atoms with Gasteiger partial charge in [0, 0.05) is 17.4 Å². The van der Waals surface area contributed by atoms with E-state index < -0.39 is 5.82 Å².